The molecule has 0 atom stereocenters. The first kappa shape index (κ1) is 13.3. The van der Waals surface area contributed by atoms with Crippen LogP contribution in [0.25, 0.3) is 0 Å². The number of hydrogen-bond acceptors (Lipinski definition) is 4. The molecule has 5 heteroatoms. The van der Waals surface area contributed by atoms with E-state index >= 15 is 0 Å². The van der Waals surface area contributed by atoms with Crippen LogP contribution in [0.2, 0.25) is 5.15 Å². The molecule has 1 aliphatic rings. The zero-order chi connectivity index (χ0) is 14.1. The van der Waals surface area contributed by atoms with Crippen LogP contribution in [-0.2, 0) is 6.54 Å². The highest BCUT2D eigenvalue weighted by Crippen LogP contribution is 2.39. The van der Waals surface area contributed by atoms with Crippen molar-refractivity contribution in [1.82, 2.24) is 15.0 Å². The fourth-order valence-corrected chi connectivity index (χ4v) is 2.37. The number of halogens is 1. The molecule has 1 aliphatic carbocycles. The third-order valence-corrected chi connectivity index (χ3v) is 3.88. The summed E-state index contributed by atoms with van der Waals surface area (Å²) >= 11 is 6.24. The van der Waals surface area contributed by atoms with Gasteiger partial charge in [0.15, 0.2) is 0 Å². The molecule has 1 fully saturated rings. The third kappa shape index (κ3) is 2.75. The molecule has 0 unspecified atom stereocenters. The van der Waals surface area contributed by atoms with Crippen molar-refractivity contribution in [1.29, 1.82) is 0 Å². The summed E-state index contributed by atoms with van der Waals surface area (Å²) in [4.78, 5) is 15.5. The van der Waals surface area contributed by atoms with E-state index < -0.39 is 0 Å². The maximum Gasteiger partial charge on any atom is 0.137 e. The molecule has 104 valence electrons. The second kappa shape index (κ2) is 5.37. The van der Waals surface area contributed by atoms with Gasteiger partial charge in [-0.3, -0.25) is 4.98 Å². The molecule has 0 aliphatic heterocycles. The Kier molecular flexibility index (Phi) is 3.57. The van der Waals surface area contributed by atoms with Crippen LogP contribution in [0.15, 0.2) is 24.4 Å². The van der Waals surface area contributed by atoms with E-state index in [-0.39, 0.29) is 0 Å². The van der Waals surface area contributed by atoms with E-state index in [1.807, 2.05) is 32.2 Å². The van der Waals surface area contributed by atoms with Gasteiger partial charge < -0.3 is 4.90 Å². The summed E-state index contributed by atoms with van der Waals surface area (Å²) in [6, 6.07) is 5.92. The molecule has 20 heavy (non-hydrogen) atoms. The van der Waals surface area contributed by atoms with E-state index in [9.17, 15) is 0 Å². The molecule has 3 rings (SSSR count). The minimum atomic E-state index is 0.495. The number of nitrogens with zero attached hydrogens (tertiary/aromatic N) is 4. The predicted molar refractivity (Wildman–Crippen MR) is 80.1 cm³/mol. The molecule has 0 spiro atoms. The van der Waals surface area contributed by atoms with Crippen LogP contribution in [-0.4, -0.2) is 22.0 Å². The number of anilines is 1. The van der Waals surface area contributed by atoms with E-state index in [2.05, 4.69) is 14.9 Å². The first-order valence-electron chi connectivity index (χ1n) is 6.80. The largest absolute Gasteiger partial charge is 0.353 e. The average molecular weight is 289 g/mol. The maximum absolute atomic E-state index is 6.24. The zero-order valence-corrected chi connectivity index (χ0v) is 12.4. The summed E-state index contributed by atoms with van der Waals surface area (Å²) in [5.74, 6) is 2.27. The van der Waals surface area contributed by atoms with Gasteiger partial charge in [0, 0.05) is 24.7 Å². The summed E-state index contributed by atoms with van der Waals surface area (Å²) in [5.41, 5.74) is 1.94. The van der Waals surface area contributed by atoms with E-state index in [1.165, 1.54) is 12.8 Å². The molecular formula is C15H17ClN4. The second-order valence-corrected chi connectivity index (χ2v) is 5.63. The smallest absolute Gasteiger partial charge is 0.137 e. The maximum atomic E-state index is 6.24. The van der Waals surface area contributed by atoms with Crippen molar-refractivity contribution in [3.05, 3.63) is 46.6 Å². The fraction of sp³-hybridized carbons (Fsp3) is 0.400. The second-order valence-electron chi connectivity index (χ2n) is 5.27. The standard InChI is InChI=1S/C15H17ClN4/c1-10-13(16)18-14(11-6-7-11)19-15(10)20(2)9-12-5-3-4-8-17-12/h3-5,8,11H,6-7,9H2,1-2H3. The lowest BCUT2D eigenvalue weighted by molar-refractivity contribution is 0.828. The summed E-state index contributed by atoms with van der Waals surface area (Å²) < 4.78 is 0. The van der Waals surface area contributed by atoms with E-state index in [0.717, 1.165) is 22.9 Å². The van der Waals surface area contributed by atoms with Crippen molar-refractivity contribution < 1.29 is 0 Å². The Bertz CT molecular complexity index is 611. The molecule has 0 aromatic carbocycles. The van der Waals surface area contributed by atoms with Crippen LogP contribution < -0.4 is 4.90 Å². The number of rotatable bonds is 4. The molecule has 2 heterocycles. The van der Waals surface area contributed by atoms with Gasteiger partial charge in [0.25, 0.3) is 0 Å². The molecule has 1 saturated carbocycles. The molecule has 0 N–H and O–H groups in total. The first-order valence-corrected chi connectivity index (χ1v) is 7.18. The van der Waals surface area contributed by atoms with Crippen LogP contribution in [0.5, 0.6) is 0 Å². The first-order chi connectivity index (χ1) is 9.65. The van der Waals surface area contributed by atoms with Gasteiger partial charge in [0.1, 0.15) is 16.8 Å². The lowest BCUT2D eigenvalue weighted by atomic mass is 10.2. The monoisotopic (exact) mass is 288 g/mol. The topological polar surface area (TPSA) is 41.9 Å². The molecule has 0 amide bonds. The SMILES string of the molecule is Cc1c(Cl)nc(C2CC2)nc1N(C)Cc1ccccn1. The quantitative estimate of drug-likeness (QED) is 0.809. The lowest BCUT2D eigenvalue weighted by Gasteiger charge is -2.20. The van der Waals surface area contributed by atoms with Gasteiger partial charge in [-0.25, -0.2) is 9.97 Å². The van der Waals surface area contributed by atoms with Crippen molar-refractivity contribution in [2.75, 3.05) is 11.9 Å². The van der Waals surface area contributed by atoms with Crippen molar-refractivity contribution in [3.8, 4) is 0 Å². The van der Waals surface area contributed by atoms with Gasteiger partial charge >= 0.3 is 0 Å². The highest BCUT2D eigenvalue weighted by molar-refractivity contribution is 6.30. The van der Waals surface area contributed by atoms with E-state index in [0.29, 0.717) is 17.6 Å². The van der Waals surface area contributed by atoms with E-state index in [4.69, 9.17) is 16.6 Å². The molecule has 4 nitrogen and oxygen atoms in total. The van der Waals surface area contributed by atoms with Gasteiger partial charge in [0.05, 0.1) is 12.2 Å². The molecular weight excluding hydrogens is 272 g/mol. The molecule has 0 bridgehead atoms. The summed E-state index contributed by atoms with van der Waals surface area (Å²) in [5, 5.41) is 0.560. The Morgan fingerprint density at radius 1 is 1.30 bits per heavy atom. The number of pyridine rings is 1. The van der Waals surface area contributed by atoms with Crippen molar-refractivity contribution in [2.45, 2.75) is 32.2 Å². The van der Waals surface area contributed by atoms with Gasteiger partial charge in [-0.05, 0) is 31.9 Å². The summed E-state index contributed by atoms with van der Waals surface area (Å²) in [6.07, 6.45) is 4.14. The summed E-state index contributed by atoms with van der Waals surface area (Å²) in [6.45, 7) is 2.67. The minimum absolute atomic E-state index is 0.495. The lowest BCUT2D eigenvalue weighted by Crippen LogP contribution is -2.20. The summed E-state index contributed by atoms with van der Waals surface area (Å²) in [7, 11) is 2.01. The third-order valence-electron chi connectivity index (χ3n) is 3.51. The van der Waals surface area contributed by atoms with Gasteiger partial charge in [-0.15, -0.1) is 0 Å². The van der Waals surface area contributed by atoms with E-state index in [1.54, 1.807) is 6.20 Å². The Labute approximate surface area is 123 Å². The Hall–Kier alpha value is -1.68. The fourth-order valence-electron chi connectivity index (χ4n) is 2.20. The van der Waals surface area contributed by atoms with Gasteiger partial charge in [-0.1, -0.05) is 17.7 Å². The highest BCUT2D eigenvalue weighted by atomic mass is 35.5. The highest BCUT2D eigenvalue weighted by Gasteiger charge is 2.28. The Balaban J connectivity index is 1.88. The Morgan fingerprint density at radius 2 is 2.10 bits per heavy atom. The van der Waals surface area contributed by atoms with Gasteiger partial charge in [0.2, 0.25) is 0 Å². The van der Waals surface area contributed by atoms with Crippen molar-refractivity contribution in [3.63, 3.8) is 0 Å². The molecule has 0 saturated heterocycles. The normalized spacial score (nSPS) is 14.3. The van der Waals surface area contributed by atoms with Crippen LogP contribution in [0.3, 0.4) is 0 Å². The predicted octanol–water partition coefficient (Wildman–Crippen LogP) is 3.35. The molecule has 2 aromatic rings. The van der Waals surface area contributed by atoms with Crippen molar-refractivity contribution in [2.24, 2.45) is 0 Å². The number of aromatic nitrogens is 3. The Morgan fingerprint density at radius 3 is 2.75 bits per heavy atom. The van der Waals surface area contributed by atoms with Crippen LogP contribution in [0, 0.1) is 6.92 Å². The van der Waals surface area contributed by atoms with Crippen molar-refractivity contribution >= 4 is 17.4 Å². The van der Waals surface area contributed by atoms with Gasteiger partial charge in [-0.2, -0.15) is 0 Å². The van der Waals surface area contributed by atoms with Crippen LogP contribution in [0.4, 0.5) is 5.82 Å². The molecule has 2 aromatic heterocycles. The zero-order valence-electron chi connectivity index (χ0n) is 11.7. The number of hydrogen-bond donors (Lipinski definition) is 0. The minimum Gasteiger partial charge on any atom is -0.353 e. The van der Waals surface area contributed by atoms with Crippen LogP contribution in [0.1, 0.15) is 35.8 Å². The average Bonchev–Trinajstić information content (AvgIpc) is 3.27. The van der Waals surface area contributed by atoms with Crippen LogP contribution >= 0.6 is 11.6 Å². The molecule has 0 radical (unpaired) electrons.